The molecule has 0 radical (unpaired) electrons. The van der Waals surface area contributed by atoms with E-state index < -0.39 is 6.10 Å². The SMILES string of the molecule is COc1cc(C(O)c2ccncc2)ccc1Cl. The molecule has 0 saturated heterocycles. The molecular weight excluding hydrogens is 238 g/mol. The number of rotatable bonds is 3. The van der Waals surface area contributed by atoms with Crippen molar-refractivity contribution in [3.8, 4) is 5.75 Å². The Morgan fingerprint density at radius 1 is 1.18 bits per heavy atom. The number of hydrogen-bond donors (Lipinski definition) is 1. The van der Waals surface area contributed by atoms with Gasteiger partial charge in [-0.15, -0.1) is 0 Å². The molecule has 3 nitrogen and oxygen atoms in total. The smallest absolute Gasteiger partial charge is 0.137 e. The lowest BCUT2D eigenvalue weighted by Gasteiger charge is -2.13. The van der Waals surface area contributed by atoms with Gasteiger partial charge in [0.25, 0.3) is 0 Å². The van der Waals surface area contributed by atoms with Crippen molar-refractivity contribution in [2.45, 2.75) is 6.10 Å². The first-order chi connectivity index (χ1) is 8.22. The maximum absolute atomic E-state index is 10.2. The molecule has 0 aliphatic heterocycles. The van der Waals surface area contributed by atoms with E-state index >= 15 is 0 Å². The third-order valence-electron chi connectivity index (χ3n) is 2.51. The molecule has 17 heavy (non-hydrogen) atoms. The van der Waals surface area contributed by atoms with Gasteiger partial charge in [-0.1, -0.05) is 17.7 Å². The summed E-state index contributed by atoms with van der Waals surface area (Å²) < 4.78 is 5.12. The Kier molecular flexibility index (Phi) is 3.61. The predicted octanol–water partition coefficient (Wildman–Crippen LogP) is 2.83. The second-order valence-electron chi connectivity index (χ2n) is 3.58. The van der Waals surface area contributed by atoms with E-state index in [0.717, 1.165) is 11.1 Å². The highest BCUT2D eigenvalue weighted by Gasteiger charge is 2.12. The van der Waals surface area contributed by atoms with Crippen LogP contribution in [-0.4, -0.2) is 17.2 Å². The quantitative estimate of drug-likeness (QED) is 0.910. The van der Waals surface area contributed by atoms with E-state index in [1.54, 1.807) is 49.8 Å². The number of benzene rings is 1. The van der Waals surface area contributed by atoms with Crippen molar-refractivity contribution in [3.63, 3.8) is 0 Å². The number of ether oxygens (including phenoxy) is 1. The van der Waals surface area contributed by atoms with Gasteiger partial charge in [-0.25, -0.2) is 0 Å². The number of aliphatic hydroxyl groups is 1. The topological polar surface area (TPSA) is 42.4 Å². The van der Waals surface area contributed by atoms with E-state index in [9.17, 15) is 5.11 Å². The van der Waals surface area contributed by atoms with Gasteiger partial charge in [0.05, 0.1) is 12.1 Å². The molecule has 1 heterocycles. The maximum atomic E-state index is 10.2. The van der Waals surface area contributed by atoms with Gasteiger partial charge in [-0.05, 0) is 35.4 Å². The first-order valence-electron chi connectivity index (χ1n) is 5.14. The van der Waals surface area contributed by atoms with Crippen molar-refractivity contribution >= 4 is 11.6 Å². The first-order valence-corrected chi connectivity index (χ1v) is 5.51. The van der Waals surface area contributed by atoms with E-state index in [0.29, 0.717) is 10.8 Å². The van der Waals surface area contributed by atoms with E-state index in [-0.39, 0.29) is 0 Å². The fourth-order valence-corrected chi connectivity index (χ4v) is 1.78. The van der Waals surface area contributed by atoms with Crippen molar-refractivity contribution in [1.82, 2.24) is 4.98 Å². The minimum absolute atomic E-state index is 0.526. The highest BCUT2D eigenvalue weighted by atomic mass is 35.5. The number of hydrogen-bond acceptors (Lipinski definition) is 3. The first kappa shape index (κ1) is 11.9. The largest absolute Gasteiger partial charge is 0.495 e. The molecule has 0 fully saturated rings. The minimum atomic E-state index is -0.704. The van der Waals surface area contributed by atoms with Crippen molar-refractivity contribution in [2.75, 3.05) is 7.11 Å². The summed E-state index contributed by atoms with van der Waals surface area (Å²) in [6.07, 6.45) is 2.58. The Labute approximate surface area is 105 Å². The zero-order valence-electron chi connectivity index (χ0n) is 9.30. The highest BCUT2D eigenvalue weighted by molar-refractivity contribution is 6.32. The van der Waals surface area contributed by atoms with E-state index in [2.05, 4.69) is 4.98 Å². The summed E-state index contributed by atoms with van der Waals surface area (Å²) in [6, 6.07) is 8.75. The summed E-state index contributed by atoms with van der Waals surface area (Å²) in [7, 11) is 1.55. The summed E-state index contributed by atoms with van der Waals surface area (Å²) in [5.74, 6) is 0.553. The number of methoxy groups -OCH3 is 1. The second-order valence-corrected chi connectivity index (χ2v) is 3.98. The number of aliphatic hydroxyl groups excluding tert-OH is 1. The van der Waals surface area contributed by atoms with Gasteiger partial charge < -0.3 is 9.84 Å². The Morgan fingerprint density at radius 3 is 2.53 bits per heavy atom. The van der Waals surface area contributed by atoms with Crippen molar-refractivity contribution < 1.29 is 9.84 Å². The van der Waals surface area contributed by atoms with Crippen LogP contribution >= 0.6 is 11.6 Å². The molecule has 1 N–H and O–H groups in total. The van der Waals surface area contributed by atoms with E-state index in [4.69, 9.17) is 16.3 Å². The molecule has 88 valence electrons. The predicted molar refractivity (Wildman–Crippen MR) is 66.3 cm³/mol. The summed E-state index contributed by atoms with van der Waals surface area (Å²) >= 11 is 5.93. The van der Waals surface area contributed by atoms with Crippen LogP contribution in [-0.2, 0) is 0 Å². The monoisotopic (exact) mass is 249 g/mol. The summed E-state index contributed by atoms with van der Waals surface area (Å²) in [4.78, 5) is 3.91. The lowest BCUT2D eigenvalue weighted by atomic mass is 10.0. The molecule has 0 saturated carbocycles. The van der Waals surface area contributed by atoms with Crippen LogP contribution in [0.3, 0.4) is 0 Å². The summed E-state index contributed by atoms with van der Waals surface area (Å²) in [5.41, 5.74) is 1.52. The van der Waals surface area contributed by atoms with Crippen molar-refractivity contribution in [2.24, 2.45) is 0 Å². The molecule has 0 aliphatic carbocycles. The molecule has 1 aromatic carbocycles. The molecule has 0 bridgehead atoms. The molecule has 0 aliphatic rings. The van der Waals surface area contributed by atoms with E-state index in [1.807, 2.05) is 0 Å². The van der Waals surface area contributed by atoms with Gasteiger partial charge in [0.2, 0.25) is 0 Å². The van der Waals surface area contributed by atoms with E-state index in [1.165, 1.54) is 0 Å². The van der Waals surface area contributed by atoms with Gasteiger partial charge in [-0.3, -0.25) is 4.98 Å². The average molecular weight is 250 g/mol. The molecule has 2 aromatic rings. The molecule has 0 spiro atoms. The zero-order valence-corrected chi connectivity index (χ0v) is 10.1. The third kappa shape index (κ3) is 2.57. The molecule has 1 unspecified atom stereocenters. The van der Waals surface area contributed by atoms with Gasteiger partial charge in [0, 0.05) is 12.4 Å². The summed E-state index contributed by atoms with van der Waals surface area (Å²) in [6.45, 7) is 0. The van der Waals surface area contributed by atoms with Crippen LogP contribution in [0, 0.1) is 0 Å². The van der Waals surface area contributed by atoms with Gasteiger partial charge in [0.1, 0.15) is 11.9 Å². The third-order valence-corrected chi connectivity index (χ3v) is 2.83. The fourth-order valence-electron chi connectivity index (χ4n) is 1.58. The maximum Gasteiger partial charge on any atom is 0.137 e. The Hall–Kier alpha value is -1.58. The van der Waals surface area contributed by atoms with Crippen molar-refractivity contribution in [3.05, 3.63) is 58.9 Å². The summed E-state index contributed by atoms with van der Waals surface area (Å²) in [5, 5.41) is 10.7. The van der Waals surface area contributed by atoms with Crippen molar-refractivity contribution in [1.29, 1.82) is 0 Å². The lowest BCUT2D eigenvalue weighted by molar-refractivity contribution is 0.219. The molecular formula is C13H12ClNO2. The molecule has 4 heteroatoms. The van der Waals surface area contributed by atoms with Crippen LogP contribution < -0.4 is 4.74 Å². The molecule has 1 atom stereocenters. The van der Waals surface area contributed by atoms with Gasteiger partial charge in [0.15, 0.2) is 0 Å². The van der Waals surface area contributed by atoms with Crippen LogP contribution in [0.15, 0.2) is 42.7 Å². The van der Waals surface area contributed by atoms with Crippen LogP contribution in [0.25, 0.3) is 0 Å². The lowest BCUT2D eigenvalue weighted by Crippen LogP contribution is -2.00. The number of nitrogens with zero attached hydrogens (tertiary/aromatic N) is 1. The number of halogens is 1. The Morgan fingerprint density at radius 2 is 1.88 bits per heavy atom. The molecule has 1 aromatic heterocycles. The number of pyridine rings is 1. The van der Waals surface area contributed by atoms with Crippen LogP contribution in [0.5, 0.6) is 5.75 Å². The average Bonchev–Trinajstić information content (AvgIpc) is 2.39. The fraction of sp³-hybridized carbons (Fsp3) is 0.154. The standard InChI is InChI=1S/C13H12ClNO2/c1-17-12-8-10(2-3-11(12)14)13(16)9-4-6-15-7-5-9/h2-8,13,16H,1H3. The Balaban J connectivity index is 2.34. The van der Waals surface area contributed by atoms with Crippen LogP contribution in [0.1, 0.15) is 17.2 Å². The zero-order chi connectivity index (χ0) is 12.3. The van der Waals surface area contributed by atoms with Crippen LogP contribution in [0.2, 0.25) is 5.02 Å². The molecule has 0 amide bonds. The number of aromatic nitrogens is 1. The van der Waals surface area contributed by atoms with Crippen LogP contribution in [0.4, 0.5) is 0 Å². The van der Waals surface area contributed by atoms with Gasteiger partial charge in [-0.2, -0.15) is 0 Å². The Bertz CT molecular complexity index is 502. The molecule has 2 rings (SSSR count). The second kappa shape index (κ2) is 5.17. The highest BCUT2D eigenvalue weighted by Crippen LogP contribution is 2.30. The minimum Gasteiger partial charge on any atom is -0.495 e. The van der Waals surface area contributed by atoms with Gasteiger partial charge >= 0.3 is 0 Å². The normalized spacial score (nSPS) is 12.2.